The molecule has 6 nitrogen and oxygen atoms in total. The van der Waals surface area contributed by atoms with Crippen molar-refractivity contribution in [1.82, 2.24) is 4.90 Å². The number of nitrogens with two attached hydrogens (primary N) is 1. The number of carbonyl (C=O) groups excluding carboxylic acids is 1. The van der Waals surface area contributed by atoms with Gasteiger partial charge < -0.3 is 5.73 Å². The molecule has 2 aromatic rings. The Morgan fingerprint density at radius 3 is 2.43 bits per heavy atom. The molecule has 0 fully saturated rings. The van der Waals surface area contributed by atoms with Crippen LogP contribution in [0, 0.1) is 0 Å². The molecule has 1 aliphatic rings. The van der Waals surface area contributed by atoms with Crippen molar-refractivity contribution in [1.29, 1.82) is 0 Å². The third-order valence-electron chi connectivity index (χ3n) is 5.13. The zero-order chi connectivity index (χ0) is 20.5. The van der Waals surface area contributed by atoms with E-state index in [0.29, 0.717) is 17.7 Å². The van der Waals surface area contributed by atoms with E-state index >= 15 is 0 Å². The van der Waals surface area contributed by atoms with Gasteiger partial charge in [-0.25, -0.2) is 13.4 Å². The van der Waals surface area contributed by atoms with Gasteiger partial charge in [-0.15, -0.1) is 0 Å². The van der Waals surface area contributed by atoms with Gasteiger partial charge in [-0.1, -0.05) is 36.4 Å². The smallest absolute Gasteiger partial charge is 0.231 e. The SMILES string of the molecule is CN1C(=O)CC(C)(CCc2cc(-c3ccccc3)ccc2S(C)(=O)=O)N=C1N. The number of benzene rings is 2. The largest absolute Gasteiger partial charge is 0.369 e. The molecule has 0 saturated carbocycles. The van der Waals surface area contributed by atoms with E-state index < -0.39 is 15.4 Å². The van der Waals surface area contributed by atoms with Crippen LogP contribution in [0.4, 0.5) is 0 Å². The summed E-state index contributed by atoms with van der Waals surface area (Å²) in [5.41, 5.74) is 7.93. The monoisotopic (exact) mass is 399 g/mol. The molecule has 0 bridgehead atoms. The molecule has 0 aromatic heterocycles. The Labute approximate surface area is 166 Å². The first-order chi connectivity index (χ1) is 13.1. The van der Waals surface area contributed by atoms with Crippen LogP contribution in [0.3, 0.4) is 0 Å². The quantitative estimate of drug-likeness (QED) is 0.836. The van der Waals surface area contributed by atoms with E-state index in [0.717, 1.165) is 16.7 Å². The van der Waals surface area contributed by atoms with Crippen LogP contribution in [0.2, 0.25) is 0 Å². The Morgan fingerprint density at radius 1 is 1.14 bits per heavy atom. The van der Waals surface area contributed by atoms with E-state index in [9.17, 15) is 13.2 Å². The van der Waals surface area contributed by atoms with Crippen LogP contribution < -0.4 is 5.73 Å². The molecule has 2 N–H and O–H groups in total. The fourth-order valence-electron chi connectivity index (χ4n) is 3.46. The van der Waals surface area contributed by atoms with E-state index in [1.54, 1.807) is 13.1 Å². The zero-order valence-corrected chi connectivity index (χ0v) is 17.2. The normalized spacial score (nSPS) is 20.2. The van der Waals surface area contributed by atoms with Gasteiger partial charge in [-0.3, -0.25) is 9.69 Å². The maximum atomic E-state index is 12.3. The summed E-state index contributed by atoms with van der Waals surface area (Å²) in [4.78, 5) is 18.3. The summed E-state index contributed by atoms with van der Waals surface area (Å²) in [6.07, 6.45) is 2.46. The number of guanidine groups is 1. The van der Waals surface area contributed by atoms with Gasteiger partial charge in [0.05, 0.1) is 16.9 Å². The fraction of sp³-hybridized carbons (Fsp3) is 0.333. The molecule has 148 valence electrons. The van der Waals surface area contributed by atoms with Crippen LogP contribution >= 0.6 is 0 Å². The number of amides is 1. The second-order valence-corrected chi connectivity index (χ2v) is 9.54. The molecular formula is C21H25N3O3S. The van der Waals surface area contributed by atoms with E-state index in [1.807, 2.05) is 49.4 Å². The second-order valence-electron chi connectivity index (χ2n) is 7.56. The molecule has 2 aromatic carbocycles. The molecule has 0 spiro atoms. The molecule has 28 heavy (non-hydrogen) atoms. The van der Waals surface area contributed by atoms with E-state index in [4.69, 9.17) is 5.73 Å². The van der Waals surface area contributed by atoms with E-state index in [2.05, 4.69) is 4.99 Å². The van der Waals surface area contributed by atoms with Crippen molar-refractivity contribution in [3.8, 4) is 11.1 Å². The summed E-state index contributed by atoms with van der Waals surface area (Å²) in [5.74, 6) is 0.108. The van der Waals surface area contributed by atoms with Crippen molar-refractivity contribution in [3.05, 3.63) is 54.1 Å². The summed E-state index contributed by atoms with van der Waals surface area (Å²) in [5, 5.41) is 0. The Hall–Kier alpha value is -2.67. The minimum Gasteiger partial charge on any atom is -0.369 e. The van der Waals surface area contributed by atoms with Gasteiger partial charge in [0.15, 0.2) is 15.8 Å². The molecular weight excluding hydrogens is 374 g/mol. The van der Waals surface area contributed by atoms with Gasteiger partial charge in [0.2, 0.25) is 5.91 Å². The highest BCUT2D eigenvalue weighted by Crippen LogP contribution is 2.31. The Morgan fingerprint density at radius 2 is 1.82 bits per heavy atom. The fourth-order valence-corrected chi connectivity index (χ4v) is 4.41. The van der Waals surface area contributed by atoms with Gasteiger partial charge >= 0.3 is 0 Å². The van der Waals surface area contributed by atoms with Crippen LogP contribution in [0.5, 0.6) is 0 Å². The molecule has 1 aliphatic heterocycles. The molecule has 1 unspecified atom stereocenters. The molecule has 0 aliphatic carbocycles. The lowest BCUT2D eigenvalue weighted by Gasteiger charge is -2.33. The number of aliphatic imine (C=N–C) groups is 1. The van der Waals surface area contributed by atoms with Crippen LogP contribution in [-0.2, 0) is 21.1 Å². The van der Waals surface area contributed by atoms with Crippen LogP contribution in [0.1, 0.15) is 25.3 Å². The van der Waals surface area contributed by atoms with Crippen molar-refractivity contribution in [2.75, 3.05) is 13.3 Å². The lowest BCUT2D eigenvalue weighted by molar-refractivity contribution is -0.128. The molecule has 0 saturated heterocycles. The molecule has 0 radical (unpaired) electrons. The van der Waals surface area contributed by atoms with Gasteiger partial charge in [0.1, 0.15) is 0 Å². The highest BCUT2D eigenvalue weighted by atomic mass is 32.2. The Bertz CT molecular complexity index is 1030. The third kappa shape index (κ3) is 4.25. The van der Waals surface area contributed by atoms with E-state index in [1.165, 1.54) is 11.2 Å². The van der Waals surface area contributed by atoms with Crippen molar-refractivity contribution in [2.24, 2.45) is 10.7 Å². The second kappa shape index (κ2) is 7.39. The van der Waals surface area contributed by atoms with Crippen molar-refractivity contribution in [2.45, 2.75) is 36.6 Å². The predicted molar refractivity (Wildman–Crippen MR) is 111 cm³/mol. The first-order valence-corrected chi connectivity index (χ1v) is 11.0. The van der Waals surface area contributed by atoms with Gasteiger partial charge in [-0.2, -0.15) is 0 Å². The summed E-state index contributed by atoms with van der Waals surface area (Å²) in [6, 6.07) is 15.2. The van der Waals surface area contributed by atoms with Crippen molar-refractivity contribution >= 4 is 21.7 Å². The minimum absolute atomic E-state index is 0.0867. The minimum atomic E-state index is -3.37. The lowest BCUT2D eigenvalue weighted by atomic mass is 9.88. The first-order valence-electron chi connectivity index (χ1n) is 9.09. The van der Waals surface area contributed by atoms with Crippen molar-refractivity contribution in [3.63, 3.8) is 0 Å². The van der Waals surface area contributed by atoms with Gasteiger partial charge in [0, 0.05) is 13.3 Å². The number of nitrogens with zero attached hydrogens (tertiary/aromatic N) is 2. The van der Waals surface area contributed by atoms with Crippen LogP contribution in [-0.4, -0.2) is 44.0 Å². The summed E-state index contributed by atoms with van der Waals surface area (Å²) < 4.78 is 24.5. The average Bonchev–Trinajstić information content (AvgIpc) is 2.64. The third-order valence-corrected chi connectivity index (χ3v) is 6.33. The highest BCUT2D eigenvalue weighted by Gasteiger charge is 2.34. The number of aryl methyl sites for hydroxylation is 1. The van der Waals surface area contributed by atoms with Crippen LogP contribution in [0.15, 0.2) is 58.4 Å². The zero-order valence-electron chi connectivity index (χ0n) is 16.3. The number of sulfone groups is 1. The standard InChI is InChI=1S/C21H25N3O3S/c1-21(14-19(25)24(2)20(22)23-21)12-11-17-13-16(15-7-5-4-6-8-15)9-10-18(17)28(3,26)27/h4-10,13H,11-12,14H2,1-3H3,(H2,22,23). The number of carbonyl (C=O) groups is 1. The highest BCUT2D eigenvalue weighted by molar-refractivity contribution is 7.90. The molecule has 7 heteroatoms. The van der Waals surface area contributed by atoms with Crippen molar-refractivity contribution < 1.29 is 13.2 Å². The summed E-state index contributed by atoms with van der Waals surface area (Å²) >= 11 is 0. The first kappa shape index (κ1) is 20.1. The maximum absolute atomic E-state index is 12.3. The van der Waals surface area contributed by atoms with Crippen LogP contribution in [0.25, 0.3) is 11.1 Å². The predicted octanol–water partition coefficient (Wildman–Crippen LogP) is 2.63. The lowest BCUT2D eigenvalue weighted by Crippen LogP contribution is -2.48. The summed E-state index contributed by atoms with van der Waals surface area (Å²) in [6.45, 7) is 1.88. The maximum Gasteiger partial charge on any atom is 0.231 e. The molecule has 1 amide bonds. The number of hydrogen-bond donors (Lipinski definition) is 1. The topological polar surface area (TPSA) is 92.8 Å². The molecule has 1 heterocycles. The number of hydrogen-bond acceptors (Lipinski definition) is 5. The summed E-state index contributed by atoms with van der Waals surface area (Å²) in [7, 11) is -1.77. The average molecular weight is 400 g/mol. The Kier molecular flexibility index (Phi) is 5.30. The molecule has 3 rings (SSSR count). The molecule has 1 atom stereocenters. The Balaban J connectivity index is 1.95. The van der Waals surface area contributed by atoms with Gasteiger partial charge in [-0.05, 0) is 48.6 Å². The van der Waals surface area contributed by atoms with E-state index in [-0.39, 0.29) is 18.3 Å². The number of rotatable bonds is 5. The van der Waals surface area contributed by atoms with Gasteiger partial charge in [0.25, 0.3) is 0 Å².